The van der Waals surface area contributed by atoms with E-state index in [1.54, 1.807) is 19.2 Å². The Morgan fingerprint density at radius 2 is 1.82 bits per heavy atom. The third-order valence-electron chi connectivity index (χ3n) is 3.53. The average Bonchev–Trinajstić information content (AvgIpc) is 2.48. The van der Waals surface area contributed by atoms with Crippen molar-refractivity contribution in [2.45, 2.75) is 20.4 Å². The molecule has 0 aliphatic carbocycles. The van der Waals surface area contributed by atoms with Crippen molar-refractivity contribution in [3.8, 4) is 0 Å². The van der Waals surface area contributed by atoms with E-state index in [4.69, 9.17) is 0 Å². The van der Waals surface area contributed by atoms with Crippen molar-refractivity contribution in [1.82, 2.24) is 0 Å². The summed E-state index contributed by atoms with van der Waals surface area (Å²) in [6.07, 6.45) is 0. The Morgan fingerprint density at radius 3 is 2.36 bits per heavy atom. The topological polar surface area (TPSA) is 63.5 Å². The number of Topliss-reactive ketones (excluding diaryl/α,β-unsaturated/α-hetero) is 1. The summed E-state index contributed by atoms with van der Waals surface area (Å²) in [6.45, 7) is 3.97. The number of nitro benzene ring substituents is 1. The molecule has 0 aliphatic rings. The Labute approximate surface area is 129 Å². The normalized spacial score (nSPS) is 10.3. The first-order valence-electron chi connectivity index (χ1n) is 6.94. The largest absolute Gasteiger partial charge is 0.365 e. The smallest absolute Gasteiger partial charge is 0.293 e. The second-order valence-corrected chi connectivity index (χ2v) is 5.36. The van der Waals surface area contributed by atoms with Gasteiger partial charge in [-0.3, -0.25) is 14.9 Å². The van der Waals surface area contributed by atoms with Gasteiger partial charge >= 0.3 is 0 Å². The molecule has 0 N–H and O–H groups in total. The minimum Gasteiger partial charge on any atom is -0.365 e. The maximum Gasteiger partial charge on any atom is 0.293 e. The van der Waals surface area contributed by atoms with Crippen molar-refractivity contribution in [3.63, 3.8) is 0 Å². The molecule has 114 valence electrons. The summed E-state index contributed by atoms with van der Waals surface area (Å²) in [6, 6.07) is 12.6. The molecular weight excluding hydrogens is 280 g/mol. The van der Waals surface area contributed by atoms with Crippen LogP contribution in [0.3, 0.4) is 0 Å². The fraction of sp³-hybridized carbons (Fsp3) is 0.235. The van der Waals surface area contributed by atoms with Crippen LogP contribution in [0.4, 0.5) is 11.4 Å². The summed E-state index contributed by atoms with van der Waals surface area (Å²) in [4.78, 5) is 24.0. The third-order valence-corrected chi connectivity index (χ3v) is 3.53. The number of hydrogen-bond acceptors (Lipinski definition) is 4. The summed E-state index contributed by atoms with van der Waals surface area (Å²) in [5, 5.41) is 11.3. The number of nitrogens with zero attached hydrogens (tertiary/aromatic N) is 2. The zero-order valence-electron chi connectivity index (χ0n) is 12.9. The van der Waals surface area contributed by atoms with E-state index in [1.807, 2.05) is 36.1 Å². The second-order valence-electron chi connectivity index (χ2n) is 5.36. The van der Waals surface area contributed by atoms with Gasteiger partial charge in [0.15, 0.2) is 5.78 Å². The number of nitro groups is 1. The summed E-state index contributed by atoms with van der Waals surface area (Å²) in [5.74, 6) is -0.184. The van der Waals surface area contributed by atoms with Crippen molar-refractivity contribution in [2.75, 3.05) is 11.9 Å². The molecule has 2 rings (SSSR count). The van der Waals surface area contributed by atoms with Crippen LogP contribution in [0.25, 0.3) is 0 Å². The third kappa shape index (κ3) is 3.49. The lowest BCUT2D eigenvalue weighted by Crippen LogP contribution is -2.18. The lowest BCUT2D eigenvalue weighted by atomic mass is 10.1. The van der Waals surface area contributed by atoms with E-state index in [0.29, 0.717) is 17.8 Å². The number of rotatable bonds is 5. The molecule has 0 fully saturated rings. The first-order chi connectivity index (χ1) is 10.4. The summed E-state index contributed by atoms with van der Waals surface area (Å²) in [7, 11) is 1.80. The maximum atomic E-state index is 11.4. The first kappa shape index (κ1) is 15.7. The number of benzene rings is 2. The van der Waals surface area contributed by atoms with Gasteiger partial charge in [0.2, 0.25) is 0 Å². The Morgan fingerprint density at radius 1 is 1.18 bits per heavy atom. The number of carbonyl (C=O) groups excluding carboxylic acids is 1. The highest BCUT2D eigenvalue weighted by Crippen LogP contribution is 2.29. The molecule has 0 aliphatic heterocycles. The Kier molecular flexibility index (Phi) is 4.56. The lowest BCUT2D eigenvalue weighted by molar-refractivity contribution is -0.384. The summed E-state index contributed by atoms with van der Waals surface area (Å²) >= 11 is 0. The molecule has 0 amide bonds. The molecule has 0 saturated carbocycles. The number of hydrogen-bond donors (Lipinski definition) is 0. The van der Waals surface area contributed by atoms with Crippen LogP contribution < -0.4 is 4.90 Å². The molecule has 2 aromatic rings. The number of ketones is 1. The molecular formula is C17H18N2O3. The van der Waals surface area contributed by atoms with E-state index >= 15 is 0 Å². The van der Waals surface area contributed by atoms with Gasteiger partial charge in [-0.05, 0) is 31.5 Å². The fourth-order valence-corrected chi connectivity index (χ4v) is 2.26. The van der Waals surface area contributed by atoms with Crippen molar-refractivity contribution in [3.05, 3.63) is 69.3 Å². The number of aryl methyl sites for hydroxylation is 1. The van der Waals surface area contributed by atoms with Gasteiger partial charge in [0.1, 0.15) is 5.69 Å². The van der Waals surface area contributed by atoms with Crippen LogP contribution in [0.5, 0.6) is 0 Å². The highest BCUT2D eigenvalue weighted by atomic mass is 16.6. The zero-order chi connectivity index (χ0) is 16.3. The van der Waals surface area contributed by atoms with Gasteiger partial charge in [0.25, 0.3) is 5.69 Å². The Balaban J connectivity index is 2.32. The van der Waals surface area contributed by atoms with Crippen LogP contribution in [0.1, 0.15) is 28.4 Å². The minimum atomic E-state index is -0.451. The zero-order valence-corrected chi connectivity index (χ0v) is 12.9. The molecule has 0 spiro atoms. The van der Waals surface area contributed by atoms with E-state index in [0.717, 1.165) is 5.56 Å². The monoisotopic (exact) mass is 298 g/mol. The second kappa shape index (κ2) is 6.39. The fourth-order valence-electron chi connectivity index (χ4n) is 2.26. The molecule has 0 aromatic heterocycles. The van der Waals surface area contributed by atoms with Crippen LogP contribution in [-0.2, 0) is 6.54 Å². The predicted molar refractivity (Wildman–Crippen MR) is 86.4 cm³/mol. The van der Waals surface area contributed by atoms with E-state index in [-0.39, 0.29) is 11.5 Å². The molecule has 5 nitrogen and oxygen atoms in total. The quantitative estimate of drug-likeness (QED) is 0.479. The molecule has 0 bridgehead atoms. The van der Waals surface area contributed by atoms with Crippen molar-refractivity contribution in [2.24, 2.45) is 0 Å². The molecule has 0 saturated heterocycles. The summed E-state index contributed by atoms with van der Waals surface area (Å²) < 4.78 is 0. The molecule has 2 aromatic carbocycles. The molecule has 5 heteroatoms. The van der Waals surface area contributed by atoms with Crippen LogP contribution >= 0.6 is 0 Å². The van der Waals surface area contributed by atoms with Crippen molar-refractivity contribution in [1.29, 1.82) is 0 Å². The average molecular weight is 298 g/mol. The minimum absolute atomic E-state index is 0.0534. The molecule has 0 unspecified atom stereocenters. The van der Waals surface area contributed by atoms with E-state index in [1.165, 1.54) is 18.6 Å². The number of carbonyl (C=O) groups is 1. The Bertz CT molecular complexity index is 708. The SMILES string of the molecule is CC(=O)c1ccc(N(C)Cc2ccc(C)cc2)c([N+](=O)[O-])c1. The van der Waals surface area contributed by atoms with Gasteiger partial charge in [0, 0.05) is 25.2 Å². The molecule has 22 heavy (non-hydrogen) atoms. The maximum absolute atomic E-state index is 11.4. The van der Waals surface area contributed by atoms with Gasteiger partial charge in [-0.2, -0.15) is 0 Å². The van der Waals surface area contributed by atoms with Gasteiger partial charge in [-0.1, -0.05) is 29.8 Å². The Hall–Kier alpha value is -2.69. The summed E-state index contributed by atoms with van der Waals surface area (Å²) in [5.41, 5.74) is 3.03. The predicted octanol–water partition coefficient (Wildman–Crippen LogP) is 3.74. The van der Waals surface area contributed by atoms with Crippen LogP contribution in [-0.4, -0.2) is 17.8 Å². The van der Waals surface area contributed by atoms with E-state index in [2.05, 4.69) is 0 Å². The standard InChI is InChI=1S/C17H18N2O3/c1-12-4-6-14(7-5-12)11-18(3)16-9-8-15(13(2)20)10-17(16)19(21)22/h4-10H,11H2,1-3H3. The first-order valence-corrected chi connectivity index (χ1v) is 6.94. The van der Waals surface area contributed by atoms with Gasteiger partial charge in [-0.25, -0.2) is 0 Å². The van der Waals surface area contributed by atoms with Crippen molar-refractivity contribution >= 4 is 17.2 Å². The highest BCUT2D eigenvalue weighted by molar-refractivity contribution is 5.95. The van der Waals surface area contributed by atoms with Crippen LogP contribution in [0.15, 0.2) is 42.5 Å². The van der Waals surface area contributed by atoms with Gasteiger partial charge in [-0.15, -0.1) is 0 Å². The number of anilines is 1. The van der Waals surface area contributed by atoms with Gasteiger partial charge < -0.3 is 4.90 Å². The molecule has 0 heterocycles. The van der Waals surface area contributed by atoms with Gasteiger partial charge in [0.05, 0.1) is 4.92 Å². The van der Waals surface area contributed by atoms with Crippen LogP contribution in [0, 0.1) is 17.0 Å². The lowest BCUT2D eigenvalue weighted by Gasteiger charge is -2.19. The van der Waals surface area contributed by atoms with E-state index in [9.17, 15) is 14.9 Å². The highest BCUT2D eigenvalue weighted by Gasteiger charge is 2.19. The van der Waals surface area contributed by atoms with E-state index < -0.39 is 4.92 Å². The van der Waals surface area contributed by atoms with Crippen molar-refractivity contribution < 1.29 is 9.72 Å². The molecule has 0 atom stereocenters. The molecule has 0 radical (unpaired) electrons. The van der Waals surface area contributed by atoms with Crippen LogP contribution in [0.2, 0.25) is 0 Å².